The van der Waals surface area contributed by atoms with Crippen LogP contribution in [-0.4, -0.2) is 66.1 Å². The van der Waals surface area contributed by atoms with Crippen LogP contribution in [0.2, 0.25) is 0 Å². The van der Waals surface area contributed by atoms with Crippen LogP contribution in [0.25, 0.3) is 0 Å². The fourth-order valence-electron chi connectivity index (χ4n) is 2.18. The van der Waals surface area contributed by atoms with Gasteiger partial charge < -0.3 is 15.5 Å². The molecular weight excluding hydrogens is 341 g/mol. The molecule has 0 aromatic carbocycles. The summed E-state index contributed by atoms with van der Waals surface area (Å²) in [4.78, 5) is 27.9. The molecular formula is C14H21F3N6O2. The predicted octanol–water partition coefficient (Wildman–Crippen LogP) is 0.0124. The molecule has 1 aromatic heterocycles. The molecule has 1 amide bonds. The van der Waals surface area contributed by atoms with E-state index in [0.29, 0.717) is 32.7 Å². The Hall–Kier alpha value is -1.98. The predicted molar refractivity (Wildman–Crippen MR) is 83.4 cm³/mol. The van der Waals surface area contributed by atoms with Crippen molar-refractivity contribution in [2.24, 2.45) is 5.73 Å². The molecule has 0 radical (unpaired) electrons. The lowest BCUT2D eigenvalue weighted by atomic mass is 10.3. The lowest BCUT2D eigenvalue weighted by Gasteiger charge is -2.34. The van der Waals surface area contributed by atoms with Gasteiger partial charge in [-0.05, 0) is 6.92 Å². The number of carbonyl (C=O) groups excluding carboxylic acids is 1. The van der Waals surface area contributed by atoms with E-state index in [1.54, 1.807) is 16.7 Å². The van der Waals surface area contributed by atoms with Gasteiger partial charge >= 0.3 is 6.18 Å². The van der Waals surface area contributed by atoms with Gasteiger partial charge in [0.05, 0.1) is 5.56 Å². The Labute approximate surface area is 143 Å². The van der Waals surface area contributed by atoms with Gasteiger partial charge in [-0.15, -0.1) is 0 Å². The number of rotatable bonds is 6. The number of hydrogen-bond donors (Lipinski definition) is 2. The lowest BCUT2D eigenvalue weighted by Crippen LogP contribution is -2.50. The summed E-state index contributed by atoms with van der Waals surface area (Å²) < 4.78 is 37.5. The van der Waals surface area contributed by atoms with Crippen molar-refractivity contribution in [3.63, 3.8) is 0 Å². The molecule has 0 aliphatic carbocycles. The topological polar surface area (TPSA) is 96.6 Å². The second kappa shape index (κ2) is 8.41. The third-order valence-electron chi connectivity index (χ3n) is 3.58. The van der Waals surface area contributed by atoms with E-state index in [0.717, 1.165) is 12.4 Å². The van der Waals surface area contributed by atoms with Gasteiger partial charge in [-0.1, -0.05) is 0 Å². The highest BCUT2D eigenvalue weighted by Crippen LogP contribution is 2.28. The molecule has 0 bridgehead atoms. The van der Waals surface area contributed by atoms with E-state index in [1.165, 1.54) is 0 Å². The number of hydroxylamine groups is 1. The van der Waals surface area contributed by atoms with Crippen molar-refractivity contribution in [2.45, 2.75) is 19.1 Å². The molecule has 0 saturated carbocycles. The number of aromatic nitrogens is 2. The quantitative estimate of drug-likeness (QED) is 0.544. The number of nitrogens with zero attached hydrogens (tertiary/aromatic N) is 4. The number of hydrogen-bond acceptors (Lipinski definition) is 7. The maximum atomic E-state index is 12.5. The highest BCUT2D eigenvalue weighted by Gasteiger charge is 2.32. The summed E-state index contributed by atoms with van der Waals surface area (Å²) in [6, 6.07) is -0.0811. The minimum atomic E-state index is -4.46. The van der Waals surface area contributed by atoms with Gasteiger partial charge in [0.1, 0.15) is 6.61 Å². The molecule has 0 spiro atoms. The standard InChI is InChI=1S/C14H21F3N6O2/c1-10(18)6-21-25-9-12(24)22-2-4-23(5-3-22)13-19-7-11(8-20-13)14(15,16)17/h7-8,10,21H,2-6,9,18H2,1H3/t10-/m0/s1. The Morgan fingerprint density at radius 2 is 1.92 bits per heavy atom. The molecule has 140 valence electrons. The first-order chi connectivity index (χ1) is 11.8. The third-order valence-corrected chi connectivity index (χ3v) is 3.58. The molecule has 1 aliphatic rings. The van der Waals surface area contributed by atoms with E-state index in [-0.39, 0.29) is 24.5 Å². The summed E-state index contributed by atoms with van der Waals surface area (Å²) in [5, 5.41) is 0. The summed E-state index contributed by atoms with van der Waals surface area (Å²) in [6.07, 6.45) is -2.94. The van der Waals surface area contributed by atoms with Gasteiger partial charge in [0.2, 0.25) is 5.95 Å². The Bertz CT molecular complexity index is 559. The van der Waals surface area contributed by atoms with Gasteiger partial charge in [-0.25, -0.2) is 15.4 Å². The number of carbonyl (C=O) groups is 1. The normalized spacial score (nSPS) is 16.8. The number of halogens is 3. The van der Waals surface area contributed by atoms with Crippen LogP contribution in [0.1, 0.15) is 12.5 Å². The molecule has 1 aliphatic heterocycles. The lowest BCUT2D eigenvalue weighted by molar-refractivity contribution is -0.139. The number of piperazine rings is 1. The number of nitrogens with one attached hydrogen (secondary N) is 1. The summed E-state index contributed by atoms with van der Waals surface area (Å²) in [5.41, 5.74) is 7.26. The van der Waals surface area contributed by atoms with Crippen molar-refractivity contribution >= 4 is 11.9 Å². The second-order valence-electron chi connectivity index (χ2n) is 5.75. The fourth-order valence-corrected chi connectivity index (χ4v) is 2.18. The third kappa shape index (κ3) is 5.80. The molecule has 3 N–H and O–H groups in total. The first kappa shape index (κ1) is 19.3. The van der Waals surface area contributed by atoms with E-state index in [1.807, 2.05) is 0 Å². The van der Waals surface area contributed by atoms with Gasteiger partial charge in [0.15, 0.2) is 0 Å². The largest absolute Gasteiger partial charge is 0.419 e. The van der Waals surface area contributed by atoms with Gasteiger partial charge in [0, 0.05) is 51.2 Å². The van der Waals surface area contributed by atoms with Crippen LogP contribution >= 0.6 is 0 Å². The smallest absolute Gasteiger partial charge is 0.337 e. The molecule has 1 aromatic rings. The minimum absolute atomic E-state index is 0.0811. The van der Waals surface area contributed by atoms with Crippen molar-refractivity contribution in [3.05, 3.63) is 18.0 Å². The summed E-state index contributed by atoms with van der Waals surface area (Å²) in [5.74, 6) is 0.0418. The molecule has 0 unspecified atom stereocenters. The number of anilines is 1. The van der Waals surface area contributed by atoms with Crippen molar-refractivity contribution in [1.82, 2.24) is 20.3 Å². The Balaban J connectivity index is 1.78. The van der Waals surface area contributed by atoms with E-state index >= 15 is 0 Å². The van der Waals surface area contributed by atoms with Gasteiger partial charge in [-0.2, -0.15) is 13.2 Å². The van der Waals surface area contributed by atoms with Crippen LogP contribution < -0.4 is 16.1 Å². The van der Waals surface area contributed by atoms with E-state index in [9.17, 15) is 18.0 Å². The zero-order valence-electron chi connectivity index (χ0n) is 13.8. The summed E-state index contributed by atoms with van der Waals surface area (Å²) in [6.45, 7) is 3.84. The second-order valence-corrected chi connectivity index (χ2v) is 5.75. The first-order valence-electron chi connectivity index (χ1n) is 7.79. The maximum Gasteiger partial charge on any atom is 0.419 e. The van der Waals surface area contributed by atoms with Gasteiger partial charge in [-0.3, -0.25) is 9.63 Å². The van der Waals surface area contributed by atoms with Crippen LogP contribution in [0.4, 0.5) is 19.1 Å². The summed E-state index contributed by atoms with van der Waals surface area (Å²) in [7, 11) is 0. The van der Waals surface area contributed by atoms with Crippen molar-refractivity contribution < 1.29 is 22.8 Å². The molecule has 8 nitrogen and oxygen atoms in total. The van der Waals surface area contributed by atoms with E-state index in [2.05, 4.69) is 15.4 Å². The molecule has 2 heterocycles. The van der Waals surface area contributed by atoms with E-state index in [4.69, 9.17) is 10.6 Å². The minimum Gasteiger partial charge on any atom is -0.337 e. The van der Waals surface area contributed by atoms with Crippen molar-refractivity contribution in [2.75, 3.05) is 44.2 Å². The Morgan fingerprint density at radius 3 is 2.44 bits per heavy atom. The molecule has 25 heavy (non-hydrogen) atoms. The SMILES string of the molecule is C[C@H](N)CNOCC(=O)N1CCN(c2ncc(C(F)(F)F)cn2)CC1. The molecule has 1 atom stereocenters. The average Bonchev–Trinajstić information content (AvgIpc) is 2.58. The monoisotopic (exact) mass is 362 g/mol. The Morgan fingerprint density at radius 1 is 1.32 bits per heavy atom. The zero-order chi connectivity index (χ0) is 18.4. The highest BCUT2D eigenvalue weighted by atomic mass is 19.4. The maximum absolute atomic E-state index is 12.5. The van der Waals surface area contributed by atoms with Crippen LogP contribution in [0, 0.1) is 0 Å². The zero-order valence-corrected chi connectivity index (χ0v) is 13.8. The number of amides is 1. The van der Waals surface area contributed by atoms with E-state index < -0.39 is 11.7 Å². The van der Waals surface area contributed by atoms with Crippen LogP contribution in [0.5, 0.6) is 0 Å². The highest BCUT2D eigenvalue weighted by molar-refractivity contribution is 5.77. The van der Waals surface area contributed by atoms with Crippen LogP contribution in [0.15, 0.2) is 12.4 Å². The summed E-state index contributed by atoms with van der Waals surface area (Å²) >= 11 is 0. The van der Waals surface area contributed by atoms with Crippen molar-refractivity contribution in [3.8, 4) is 0 Å². The number of nitrogens with two attached hydrogens (primary N) is 1. The average molecular weight is 362 g/mol. The van der Waals surface area contributed by atoms with Gasteiger partial charge in [0.25, 0.3) is 5.91 Å². The molecule has 2 rings (SSSR count). The Kier molecular flexibility index (Phi) is 6.51. The van der Waals surface area contributed by atoms with Crippen LogP contribution in [-0.2, 0) is 15.8 Å². The van der Waals surface area contributed by atoms with Crippen molar-refractivity contribution in [1.29, 1.82) is 0 Å². The fraction of sp³-hybridized carbons (Fsp3) is 0.643. The molecule has 11 heteroatoms. The molecule has 1 saturated heterocycles. The first-order valence-corrected chi connectivity index (χ1v) is 7.79. The number of alkyl halides is 3. The van der Waals surface area contributed by atoms with Crippen LogP contribution in [0.3, 0.4) is 0 Å². The molecule has 1 fully saturated rings.